The van der Waals surface area contributed by atoms with E-state index in [0.717, 1.165) is 25.7 Å². The van der Waals surface area contributed by atoms with E-state index in [1.165, 1.54) is 0 Å². The average molecular weight is 154 g/mol. The summed E-state index contributed by atoms with van der Waals surface area (Å²) in [5.74, 6) is 0. The fourth-order valence-electron chi connectivity index (χ4n) is 1.08. The molecule has 3 heteroatoms. The zero-order valence-electron chi connectivity index (χ0n) is 5.35. The minimum Gasteiger partial charge on any atom is -0.328 e. The Morgan fingerprint density at radius 1 is 1.11 bits per heavy atom. The number of hydrogen-bond acceptors (Lipinski definition) is 1. The Hall–Kier alpha value is 0.180. The molecule has 0 atom stereocenters. The summed E-state index contributed by atoms with van der Waals surface area (Å²) in [5, 5.41) is 0.412. The van der Waals surface area contributed by atoms with E-state index >= 15 is 0 Å². The van der Waals surface area contributed by atoms with E-state index in [2.05, 4.69) is 0 Å². The first kappa shape index (κ1) is 9.18. The average Bonchev–Trinajstić information content (AvgIpc) is 1.77. The molecule has 0 amide bonds. The molecule has 0 saturated heterocycles. The first-order valence-electron chi connectivity index (χ1n) is 3.18. The fourth-order valence-corrected chi connectivity index (χ4v) is 1.33. The maximum absolute atomic E-state index is 5.83. The molecule has 1 aliphatic rings. The molecule has 1 aliphatic carbocycles. The van der Waals surface area contributed by atoms with Gasteiger partial charge in [0.05, 0.1) is 0 Å². The summed E-state index contributed by atoms with van der Waals surface area (Å²) in [6.07, 6.45) is 4.47. The predicted molar refractivity (Wildman–Crippen MR) is 38.6 cm³/mol. The van der Waals surface area contributed by atoms with Crippen molar-refractivity contribution in [3.8, 4) is 0 Å². The zero-order chi connectivity index (χ0) is 5.98. The highest BCUT2D eigenvalue weighted by atomic mass is 35.5. The van der Waals surface area contributed by atoms with E-state index < -0.39 is 0 Å². The molecule has 0 bridgehead atoms. The molecule has 0 aromatic rings. The summed E-state index contributed by atoms with van der Waals surface area (Å²) in [6, 6.07) is 0.435. The Morgan fingerprint density at radius 3 is 1.89 bits per heavy atom. The first-order chi connectivity index (χ1) is 3.79. The van der Waals surface area contributed by atoms with Crippen molar-refractivity contribution in [3.05, 3.63) is 0 Å². The number of nitrogens with two attached hydrogens (primary N) is 1. The van der Waals surface area contributed by atoms with Crippen LogP contribution in [-0.4, -0.2) is 11.4 Å². The fraction of sp³-hybridized carbons (Fsp3) is 1.00. The van der Waals surface area contributed by atoms with Gasteiger partial charge in [-0.2, -0.15) is 0 Å². The maximum atomic E-state index is 5.83. The van der Waals surface area contributed by atoms with Gasteiger partial charge in [0.2, 0.25) is 0 Å². The molecule has 0 heterocycles. The molecule has 0 unspecified atom stereocenters. The summed E-state index contributed by atoms with van der Waals surface area (Å²) in [4.78, 5) is 0. The van der Waals surface area contributed by atoms with Crippen molar-refractivity contribution in [1.82, 2.24) is 0 Å². The van der Waals surface area contributed by atoms with Crippen molar-refractivity contribution in [2.45, 2.75) is 37.1 Å². The molecule has 0 aromatic carbocycles. The molecule has 1 nitrogen and oxygen atoms in total. The minimum absolute atomic E-state index is 0. The van der Waals surface area contributed by atoms with Crippen LogP contribution in [0.5, 0.6) is 0 Å². The molecule has 1 saturated carbocycles. The van der Waals surface area contributed by atoms with Gasteiger partial charge in [-0.1, -0.05) is 0 Å². The van der Waals surface area contributed by atoms with Crippen LogP contribution < -0.4 is 5.73 Å². The van der Waals surface area contributed by atoms with E-state index in [1.807, 2.05) is 0 Å². The Balaban J connectivity index is 0.000000640. The van der Waals surface area contributed by atoms with Gasteiger partial charge < -0.3 is 5.73 Å². The second kappa shape index (κ2) is 4.07. The second-order valence-electron chi connectivity index (χ2n) is 2.51. The lowest BCUT2D eigenvalue weighted by molar-refractivity contribution is 0.447. The number of alkyl halides is 1. The van der Waals surface area contributed by atoms with Crippen molar-refractivity contribution < 1.29 is 4.70 Å². The summed E-state index contributed by atoms with van der Waals surface area (Å²) in [5.41, 5.74) is 5.64. The molecular formula is C6H13ClFN. The molecule has 9 heavy (non-hydrogen) atoms. The van der Waals surface area contributed by atoms with E-state index in [9.17, 15) is 0 Å². The van der Waals surface area contributed by atoms with Crippen molar-refractivity contribution in [1.29, 1.82) is 0 Å². The normalized spacial score (nSPS) is 35.3. The van der Waals surface area contributed by atoms with Gasteiger partial charge in [-0.3, -0.25) is 4.70 Å². The van der Waals surface area contributed by atoms with Gasteiger partial charge in [0.15, 0.2) is 0 Å². The summed E-state index contributed by atoms with van der Waals surface area (Å²) in [6.45, 7) is 0. The topological polar surface area (TPSA) is 26.0 Å². The SMILES string of the molecule is F.NC1CCC(Cl)CC1. The monoisotopic (exact) mass is 153 g/mol. The number of rotatable bonds is 0. The van der Waals surface area contributed by atoms with Gasteiger partial charge in [0.25, 0.3) is 0 Å². The minimum atomic E-state index is 0. The molecular weight excluding hydrogens is 141 g/mol. The molecule has 0 radical (unpaired) electrons. The zero-order valence-corrected chi connectivity index (χ0v) is 6.10. The highest BCUT2D eigenvalue weighted by molar-refractivity contribution is 6.20. The van der Waals surface area contributed by atoms with Gasteiger partial charge in [-0.15, -0.1) is 11.6 Å². The Kier molecular flexibility index (Phi) is 4.15. The summed E-state index contributed by atoms with van der Waals surface area (Å²) < 4.78 is 0. The third kappa shape index (κ3) is 3.01. The van der Waals surface area contributed by atoms with E-state index in [4.69, 9.17) is 17.3 Å². The number of hydrogen-bond donors (Lipinski definition) is 1. The van der Waals surface area contributed by atoms with Gasteiger partial charge in [0.1, 0.15) is 0 Å². The van der Waals surface area contributed by atoms with Crippen LogP contribution >= 0.6 is 11.6 Å². The van der Waals surface area contributed by atoms with E-state index in [-0.39, 0.29) is 4.70 Å². The van der Waals surface area contributed by atoms with Crippen molar-refractivity contribution in [2.24, 2.45) is 5.73 Å². The second-order valence-corrected chi connectivity index (χ2v) is 3.13. The Morgan fingerprint density at radius 2 is 1.56 bits per heavy atom. The third-order valence-corrected chi connectivity index (χ3v) is 2.14. The van der Waals surface area contributed by atoms with Gasteiger partial charge in [0, 0.05) is 11.4 Å². The van der Waals surface area contributed by atoms with E-state index in [1.54, 1.807) is 0 Å². The molecule has 56 valence electrons. The Labute approximate surface area is 59.9 Å². The van der Waals surface area contributed by atoms with Crippen LogP contribution in [0.15, 0.2) is 0 Å². The van der Waals surface area contributed by atoms with Gasteiger partial charge in [-0.25, -0.2) is 0 Å². The van der Waals surface area contributed by atoms with Crippen molar-refractivity contribution in [2.75, 3.05) is 0 Å². The number of halogens is 2. The lowest BCUT2D eigenvalue weighted by atomic mass is 9.96. The Bertz CT molecular complexity index is 61.5. The van der Waals surface area contributed by atoms with Crippen molar-refractivity contribution >= 4 is 11.6 Å². The quantitative estimate of drug-likeness (QED) is 0.527. The molecule has 1 rings (SSSR count). The van der Waals surface area contributed by atoms with Crippen LogP contribution in [0.1, 0.15) is 25.7 Å². The highest BCUT2D eigenvalue weighted by Crippen LogP contribution is 2.20. The molecule has 0 aliphatic heterocycles. The largest absolute Gasteiger partial charge is 0.328 e. The first-order valence-corrected chi connectivity index (χ1v) is 3.62. The van der Waals surface area contributed by atoms with Crippen LogP contribution in [0.2, 0.25) is 0 Å². The van der Waals surface area contributed by atoms with Crippen LogP contribution in [-0.2, 0) is 0 Å². The molecule has 1 fully saturated rings. The summed E-state index contributed by atoms with van der Waals surface area (Å²) in [7, 11) is 0. The van der Waals surface area contributed by atoms with Gasteiger partial charge in [-0.05, 0) is 25.7 Å². The predicted octanol–water partition coefficient (Wildman–Crippen LogP) is 1.65. The standard InChI is InChI=1S/C6H12ClN.FH/c7-5-1-3-6(8)4-2-5;/h5-6H,1-4,8H2;1H. The van der Waals surface area contributed by atoms with Crippen LogP contribution in [0.3, 0.4) is 0 Å². The summed E-state index contributed by atoms with van der Waals surface area (Å²) >= 11 is 5.83. The lowest BCUT2D eigenvalue weighted by Crippen LogP contribution is -2.26. The molecule has 0 aromatic heterocycles. The van der Waals surface area contributed by atoms with Gasteiger partial charge >= 0.3 is 0 Å². The molecule has 0 spiro atoms. The third-order valence-electron chi connectivity index (χ3n) is 1.70. The maximum Gasteiger partial charge on any atom is 0.0337 e. The lowest BCUT2D eigenvalue weighted by Gasteiger charge is -2.20. The van der Waals surface area contributed by atoms with Crippen LogP contribution in [0, 0.1) is 0 Å². The van der Waals surface area contributed by atoms with Crippen molar-refractivity contribution in [3.63, 3.8) is 0 Å². The van der Waals surface area contributed by atoms with E-state index in [0.29, 0.717) is 11.4 Å². The van der Waals surface area contributed by atoms with Crippen LogP contribution in [0.25, 0.3) is 0 Å². The highest BCUT2D eigenvalue weighted by Gasteiger charge is 2.15. The van der Waals surface area contributed by atoms with Crippen LogP contribution in [0.4, 0.5) is 4.70 Å². The molecule has 2 N–H and O–H groups in total. The smallest absolute Gasteiger partial charge is 0.0337 e.